The number of likely N-dealkylation sites (tertiary alicyclic amines) is 1. The normalized spacial score (nSPS) is 25.0. The van der Waals surface area contributed by atoms with E-state index in [9.17, 15) is 9.59 Å². The summed E-state index contributed by atoms with van der Waals surface area (Å²) in [6.45, 7) is 2.01. The van der Waals surface area contributed by atoms with Gasteiger partial charge in [0.05, 0.1) is 18.7 Å². The van der Waals surface area contributed by atoms with E-state index < -0.39 is 0 Å². The van der Waals surface area contributed by atoms with Gasteiger partial charge in [-0.1, -0.05) is 12.8 Å². The van der Waals surface area contributed by atoms with E-state index in [1.54, 1.807) is 6.26 Å². The van der Waals surface area contributed by atoms with Crippen molar-refractivity contribution in [3.63, 3.8) is 0 Å². The van der Waals surface area contributed by atoms with Crippen molar-refractivity contribution < 1.29 is 14.0 Å². The number of hydrogen-bond acceptors (Lipinski definition) is 4. The highest BCUT2D eigenvalue weighted by atomic mass is 16.3. The first kappa shape index (κ1) is 14.3. The van der Waals surface area contributed by atoms with Crippen LogP contribution in [0.2, 0.25) is 0 Å². The molecule has 1 saturated carbocycles. The average Bonchev–Trinajstić information content (AvgIpc) is 3.14. The highest BCUT2D eigenvalue weighted by Crippen LogP contribution is 2.28. The number of nitrogens with one attached hydrogen (secondary N) is 1. The molecule has 0 bridgehead atoms. The summed E-state index contributed by atoms with van der Waals surface area (Å²) in [4.78, 5) is 26.1. The van der Waals surface area contributed by atoms with Crippen molar-refractivity contribution >= 4 is 11.8 Å². The molecule has 1 aliphatic heterocycles. The largest absolute Gasteiger partial charge is 0.469 e. The predicted molar refractivity (Wildman–Crippen MR) is 77.5 cm³/mol. The quantitative estimate of drug-likeness (QED) is 0.841. The molecule has 2 atom stereocenters. The van der Waals surface area contributed by atoms with Crippen LogP contribution in [0, 0.1) is 0 Å². The lowest BCUT2D eigenvalue weighted by Gasteiger charge is -2.23. The molecule has 2 aliphatic rings. The number of furan rings is 1. The second kappa shape index (κ2) is 6.02. The fourth-order valence-electron chi connectivity index (χ4n) is 3.46. The zero-order chi connectivity index (χ0) is 14.8. The number of carbonyl (C=O) groups excluding carboxylic acids is 2. The van der Waals surface area contributed by atoms with Gasteiger partial charge in [-0.05, 0) is 31.9 Å². The smallest absolute Gasteiger partial charge is 0.247 e. The Kier molecular flexibility index (Phi) is 4.10. The third-order valence-corrected chi connectivity index (χ3v) is 4.45. The molecule has 0 spiro atoms. The minimum absolute atomic E-state index is 0.0189. The molecule has 0 radical (unpaired) electrons. The molecule has 2 unspecified atom stereocenters. The molecule has 1 aromatic heterocycles. The van der Waals surface area contributed by atoms with Crippen LogP contribution in [-0.2, 0) is 16.0 Å². The van der Waals surface area contributed by atoms with E-state index >= 15 is 0 Å². The van der Waals surface area contributed by atoms with Crippen LogP contribution in [0.1, 0.15) is 44.8 Å². The molecule has 2 amide bonds. The van der Waals surface area contributed by atoms with Crippen molar-refractivity contribution in [3.8, 4) is 0 Å². The minimum Gasteiger partial charge on any atom is -0.469 e. The second-order valence-electron chi connectivity index (χ2n) is 6.15. The standard InChI is InChI=1S/C16H22N2O3/c1-11(9-13-7-4-8-21-13)17-14-10-15(19)18(16(14)20)12-5-2-3-6-12/h4,7-8,11-12,14,17H,2-3,5-6,9-10H2,1H3. The fourth-order valence-corrected chi connectivity index (χ4v) is 3.46. The van der Waals surface area contributed by atoms with E-state index in [1.807, 2.05) is 19.1 Å². The lowest BCUT2D eigenvalue weighted by atomic mass is 10.1. The SMILES string of the molecule is CC(Cc1ccco1)NC1CC(=O)N(C2CCCC2)C1=O. The number of hydrogen-bond donors (Lipinski definition) is 1. The Balaban J connectivity index is 1.58. The van der Waals surface area contributed by atoms with E-state index in [0.717, 1.165) is 31.4 Å². The van der Waals surface area contributed by atoms with Gasteiger partial charge in [-0.25, -0.2) is 0 Å². The maximum Gasteiger partial charge on any atom is 0.247 e. The topological polar surface area (TPSA) is 62.6 Å². The fraction of sp³-hybridized carbons (Fsp3) is 0.625. The molecule has 114 valence electrons. The first-order chi connectivity index (χ1) is 10.1. The van der Waals surface area contributed by atoms with Crippen LogP contribution in [0.15, 0.2) is 22.8 Å². The third kappa shape index (κ3) is 3.02. The highest BCUT2D eigenvalue weighted by Gasteiger charge is 2.43. The maximum absolute atomic E-state index is 12.5. The van der Waals surface area contributed by atoms with E-state index in [-0.39, 0.29) is 36.4 Å². The Morgan fingerprint density at radius 3 is 2.81 bits per heavy atom. The van der Waals surface area contributed by atoms with Crippen molar-refractivity contribution in [1.29, 1.82) is 0 Å². The lowest BCUT2D eigenvalue weighted by Crippen LogP contribution is -2.45. The molecule has 1 aliphatic carbocycles. The van der Waals surface area contributed by atoms with E-state index in [2.05, 4.69) is 5.32 Å². The summed E-state index contributed by atoms with van der Waals surface area (Å²) in [5, 5.41) is 3.28. The maximum atomic E-state index is 12.5. The van der Waals surface area contributed by atoms with Crippen molar-refractivity contribution in [3.05, 3.63) is 24.2 Å². The van der Waals surface area contributed by atoms with Crippen LogP contribution in [0.25, 0.3) is 0 Å². The molecular formula is C16H22N2O3. The van der Waals surface area contributed by atoms with Gasteiger partial charge in [0.2, 0.25) is 11.8 Å². The first-order valence-electron chi connectivity index (χ1n) is 7.79. The van der Waals surface area contributed by atoms with Crippen LogP contribution in [0.5, 0.6) is 0 Å². The molecule has 5 heteroatoms. The zero-order valence-electron chi connectivity index (χ0n) is 12.4. The molecule has 21 heavy (non-hydrogen) atoms. The van der Waals surface area contributed by atoms with Gasteiger partial charge in [-0.3, -0.25) is 14.5 Å². The lowest BCUT2D eigenvalue weighted by molar-refractivity contribution is -0.141. The van der Waals surface area contributed by atoms with Gasteiger partial charge < -0.3 is 9.73 Å². The summed E-state index contributed by atoms with van der Waals surface area (Å²) in [6.07, 6.45) is 6.82. The van der Waals surface area contributed by atoms with E-state index in [0.29, 0.717) is 6.42 Å². The number of imide groups is 1. The molecule has 5 nitrogen and oxygen atoms in total. The Morgan fingerprint density at radius 1 is 1.38 bits per heavy atom. The summed E-state index contributed by atoms with van der Waals surface area (Å²) < 4.78 is 5.32. The molecule has 3 rings (SSSR count). The Hall–Kier alpha value is -1.62. The molecular weight excluding hydrogens is 268 g/mol. The van der Waals surface area contributed by atoms with Crippen LogP contribution in [0.4, 0.5) is 0 Å². The Labute approximate surface area is 124 Å². The molecule has 1 aromatic rings. The van der Waals surface area contributed by atoms with Crippen molar-refractivity contribution in [2.75, 3.05) is 0 Å². The Morgan fingerprint density at radius 2 is 2.14 bits per heavy atom. The third-order valence-electron chi connectivity index (χ3n) is 4.45. The van der Waals surface area contributed by atoms with Crippen LogP contribution < -0.4 is 5.32 Å². The number of nitrogens with zero attached hydrogens (tertiary/aromatic N) is 1. The number of rotatable bonds is 5. The van der Waals surface area contributed by atoms with Crippen molar-refractivity contribution in [2.24, 2.45) is 0 Å². The first-order valence-corrected chi connectivity index (χ1v) is 7.79. The highest BCUT2D eigenvalue weighted by molar-refractivity contribution is 6.05. The van der Waals surface area contributed by atoms with E-state index in [1.165, 1.54) is 4.90 Å². The van der Waals surface area contributed by atoms with Gasteiger partial charge in [0.1, 0.15) is 5.76 Å². The molecule has 2 fully saturated rings. The molecule has 0 aromatic carbocycles. The van der Waals surface area contributed by atoms with Gasteiger partial charge in [0, 0.05) is 18.5 Å². The second-order valence-corrected chi connectivity index (χ2v) is 6.15. The van der Waals surface area contributed by atoms with Crippen molar-refractivity contribution in [1.82, 2.24) is 10.2 Å². The average molecular weight is 290 g/mol. The van der Waals surface area contributed by atoms with Gasteiger partial charge >= 0.3 is 0 Å². The zero-order valence-corrected chi connectivity index (χ0v) is 12.4. The van der Waals surface area contributed by atoms with Crippen LogP contribution >= 0.6 is 0 Å². The monoisotopic (exact) mass is 290 g/mol. The van der Waals surface area contributed by atoms with Gasteiger partial charge in [0.25, 0.3) is 0 Å². The van der Waals surface area contributed by atoms with Gasteiger partial charge in [-0.2, -0.15) is 0 Å². The predicted octanol–water partition coefficient (Wildman–Crippen LogP) is 1.87. The molecule has 1 N–H and O–H groups in total. The van der Waals surface area contributed by atoms with E-state index in [4.69, 9.17) is 4.42 Å². The summed E-state index contributed by atoms with van der Waals surface area (Å²) in [5.41, 5.74) is 0. The van der Waals surface area contributed by atoms with Crippen molar-refractivity contribution in [2.45, 2.75) is 63.6 Å². The minimum atomic E-state index is -0.372. The van der Waals surface area contributed by atoms with Crippen LogP contribution in [0.3, 0.4) is 0 Å². The van der Waals surface area contributed by atoms with Gasteiger partial charge in [0.15, 0.2) is 0 Å². The summed E-state index contributed by atoms with van der Waals surface area (Å²) in [6, 6.07) is 3.64. The summed E-state index contributed by atoms with van der Waals surface area (Å²) >= 11 is 0. The summed E-state index contributed by atoms with van der Waals surface area (Å²) in [5.74, 6) is 0.826. The Bertz CT molecular complexity index is 506. The summed E-state index contributed by atoms with van der Waals surface area (Å²) in [7, 11) is 0. The molecule has 2 heterocycles. The number of amides is 2. The molecule has 1 saturated heterocycles. The van der Waals surface area contributed by atoms with Crippen LogP contribution in [-0.4, -0.2) is 34.8 Å². The number of carbonyl (C=O) groups is 2. The van der Waals surface area contributed by atoms with Gasteiger partial charge in [-0.15, -0.1) is 0 Å².